The Morgan fingerprint density at radius 1 is 1.24 bits per heavy atom. The molecule has 1 aromatic heterocycles. The first-order valence-electron chi connectivity index (χ1n) is 11.1. The third-order valence-corrected chi connectivity index (χ3v) is 5.98. The van der Waals surface area contributed by atoms with E-state index in [0.717, 1.165) is 22.1 Å². The SMILES string of the molecule is COc1ccccc1-c1cc(C2=CCCN(C(=O)CCN(N)/C=C\N)C2)c(F)c2cnccc12. The number of nitrogens with zero attached hydrogens (tertiary/aromatic N) is 3. The zero-order valence-corrected chi connectivity index (χ0v) is 19.1. The minimum atomic E-state index is -0.344. The van der Waals surface area contributed by atoms with Crippen molar-refractivity contribution < 1.29 is 13.9 Å². The summed E-state index contributed by atoms with van der Waals surface area (Å²) in [7, 11) is 1.62. The maximum Gasteiger partial charge on any atom is 0.224 e. The number of ether oxygens (including phenoxy) is 1. The molecule has 0 radical (unpaired) electrons. The number of carbonyl (C=O) groups excluding carboxylic acids is 1. The minimum absolute atomic E-state index is 0.0423. The Labute approximate surface area is 198 Å². The molecule has 2 heterocycles. The van der Waals surface area contributed by atoms with Gasteiger partial charge in [0.15, 0.2) is 0 Å². The first-order chi connectivity index (χ1) is 16.5. The summed E-state index contributed by atoms with van der Waals surface area (Å²) >= 11 is 0. The van der Waals surface area contributed by atoms with Gasteiger partial charge in [0.05, 0.1) is 7.11 Å². The number of pyridine rings is 1. The second kappa shape index (κ2) is 10.4. The fourth-order valence-electron chi connectivity index (χ4n) is 4.28. The van der Waals surface area contributed by atoms with Gasteiger partial charge in [-0.25, -0.2) is 10.2 Å². The van der Waals surface area contributed by atoms with Crippen molar-refractivity contribution in [2.24, 2.45) is 11.6 Å². The summed E-state index contributed by atoms with van der Waals surface area (Å²) in [6.45, 7) is 1.25. The van der Waals surface area contributed by atoms with Crippen molar-refractivity contribution in [1.29, 1.82) is 0 Å². The van der Waals surface area contributed by atoms with Crippen LogP contribution in [0.3, 0.4) is 0 Å². The molecule has 3 aromatic rings. The van der Waals surface area contributed by atoms with Crippen LogP contribution in [-0.2, 0) is 4.79 Å². The fourth-order valence-corrected chi connectivity index (χ4v) is 4.28. The molecule has 0 saturated heterocycles. The van der Waals surface area contributed by atoms with Gasteiger partial charge in [0.1, 0.15) is 11.6 Å². The van der Waals surface area contributed by atoms with Gasteiger partial charge in [-0.3, -0.25) is 9.78 Å². The number of carbonyl (C=O) groups is 1. The molecule has 0 atom stereocenters. The molecule has 0 saturated carbocycles. The predicted octanol–water partition coefficient (Wildman–Crippen LogP) is 3.66. The van der Waals surface area contributed by atoms with Crippen LogP contribution in [0.1, 0.15) is 18.4 Å². The second-order valence-corrected chi connectivity index (χ2v) is 8.07. The highest BCUT2D eigenvalue weighted by Crippen LogP contribution is 2.39. The van der Waals surface area contributed by atoms with Crippen molar-refractivity contribution >= 4 is 22.3 Å². The minimum Gasteiger partial charge on any atom is -0.496 e. The predicted molar refractivity (Wildman–Crippen MR) is 132 cm³/mol. The van der Waals surface area contributed by atoms with E-state index < -0.39 is 0 Å². The number of hydrogen-bond donors (Lipinski definition) is 2. The van der Waals surface area contributed by atoms with E-state index in [0.29, 0.717) is 42.8 Å². The second-order valence-electron chi connectivity index (χ2n) is 8.07. The highest BCUT2D eigenvalue weighted by atomic mass is 19.1. The number of benzene rings is 2. The van der Waals surface area contributed by atoms with Crippen molar-refractivity contribution in [3.05, 3.63) is 78.6 Å². The van der Waals surface area contributed by atoms with Crippen molar-refractivity contribution in [3.8, 4) is 16.9 Å². The maximum atomic E-state index is 15.7. The molecule has 1 amide bonds. The zero-order chi connectivity index (χ0) is 24.1. The molecule has 0 unspecified atom stereocenters. The summed E-state index contributed by atoms with van der Waals surface area (Å²) in [5.41, 5.74) is 8.28. The number of nitrogens with two attached hydrogens (primary N) is 2. The third kappa shape index (κ3) is 4.72. The number of fused-ring (bicyclic) bond motifs is 1. The first-order valence-corrected chi connectivity index (χ1v) is 11.1. The van der Waals surface area contributed by atoms with Crippen LogP contribution < -0.4 is 16.3 Å². The Bertz CT molecular complexity index is 1260. The lowest BCUT2D eigenvalue weighted by molar-refractivity contribution is -0.130. The summed E-state index contributed by atoms with van der Waals surface area (Å²) in [5.74, 6) is 6.08. The van der Waals surface area contributed by atoms with Gasteiger partial charge < -0.3 is 20.4 Å². The van der Waals surface area contributed by atoms with Crippen LogP contribution >= 0.6 is 0 Å². The van der Waals surface area contributed by atoms with Crippen molar-refractivity contribution in [1.82, 2.24) is 14.9 Å². The normalized spacial score (nSPS) is 13.9. The molecule has 8 heteroatoms. The van der Waals surface area contributed by atoms with Crippen LogP contribution in [0.15, 0.2) is 67.3 Å². The van der Waals surface area contributed by atoms with E-state index >= 15 is 4.39 Å². The van der Waals surface area contributed by atoms with Crippen LogP contribution in [-0.4, -0.2) is 47.5 Å². The molecule has 0 bridgehead atoms. The Balaban J connectivity index is 1.70. The average Bonchev–Trinajstić information content (AvgIpc) is 2.88. The topological polar surface area (TPSA) is 97.7 Å². The molecule has 34 heavy (non-hydrogen) atoms. The Morgan fingerprint density at radius 2 is 2.06 bits per heavy atom. The van der Waals surface area contributed by atoms with Crippen LogP contribution in [0.25, 0.3) is 27.5 Å². The molecule has 2 aromatic carbocycles. The summed E-state index contributed by atoms with van der Waals surface area (Å²) in [6, 6.07) is 11.3. The lowest BCUT2D eigenvalue weighted by Crippen LogP contribution is -2.38. The molecule has 1 aliphatic heterocycles. The largest absolute Gasteiger partial charge is 0.496 e. The number of amides is 1. The van der Waals surface area contributed by atoms with Gasteiger partial charge in [0.25, 0.3) is 0 Å². The van der Waals surface area contributed by atoms with Gasteiger partial charge in [-0.15, -0.1) is 0 Å². The summed E-state index contributed by atoms with van der Waals surface area (Å²) in [4.78, 5) is 18.7. The molecular weight excluding hydrogens is 433 g/mol. The molecule has 4 rings (SSSR count). The molecule has 176 valence electrons. The summed E-state index contributed by atoms with van der Waals surface area (Å²) < 4.78 is 21.3. The number of hydrazine groups is 1. The fraction of sp³-hybridized carbons (Fsp3) is 0.231. The van der Waals surface area contributed by atoms with E-state index in [2.05, 4.69) is 4.98 Å². The molecule has 4 N–H and O–H groups in total. The number of para-hydroxylation sites is 1. The van der Waals surface area contributed by atoms with Crippen LogP contribution in [0.5, 0.6) is 5.75 Å². The van der Waals surface area contributed by atoms with E-state index in [9.17, 15) is 4.79 Å². The van der Waals surface area contributed by atoms with Crippen molar-refractivity contribution in [3.63, 3.8) is 0 Å². The standard InChI is InChI=1S/C26H28FN5O2/c1-34-24-7-3-2-6-20(24)22-15-21(26(27)23-16-30-11-8-19(22)23)18-5-4-12-31(17-18)25(33)9-13-32(29)14-10-28/h2-3,5-8,10-11,14-16H,4,9,12-13,17,28-29H2,1H3/b14-10-. The summed E-state index contributed by atoms with van der Waals surface area (Å²) in [6.07, 6.45) is 8.91. The Kier molecular flexibility index (Phi) is 7.08. The molecule has 0 spiro atoms. The molecule has 0 fully saturated rings. The smallest absolute Gasteiger partial charge is 0.224 e. The van der Waals surface area contributed by atoms with Gasteiger partial charge in [-0.1, -0.05) is 24.3 Å². The Morgan fingerprint density at radius 3 is 2.85 bits per heavy atom. The number of methoxy groups -OCH3 is 1. The van der Waals surface area contributed by atoms with Gasteiger partial charge in [0, 0.05) is 67.4 Å². The zero-order valence-electron chi connectivity index (χ0n) is 19.1. The number of halogens is 1. The average molecular weight is 462 g/mol. The number of hydrogen-bond acceptors (Lipinski definition) is 6. The van der Waals surface area contributed by atoms with Gasteiger partial charge >= 0.3 is 0 Å². The molecule has 0 aliphatic carbocycles. The van der Waals surface area contributed by atoms with Gasteiger partial charge in [0.2, 0.25) is 5.91 Å². The van der Waals surface area contributed by atoms with E-state index in [1.807, 2.05) is 42.5 Å². The maximum absolute atomic E-state index is 15.7. The van der Waals surface area contributed by atoms with Crippen LogP contribution in [0.4, 0.5) is 4.39 Å². The van der Waals surface area contributed by atoms with Crippen LogP contribution in [0.2, 0.25) is 0 Å². The lowest BCUT2D eigenvalue weighted by Gasteiger charge is -2.29. The van der Waals surface area contributed by atoms with E-state index in [4.69, 9.17) is 16.3 Å². The van der Waals surface area contributed by atoms with E-state index in [1.165, 1.54) is 17.4 Å². The summed E-state index contributed by atoms with van der Waals surface area (Å²) in [5, 5.41) is 2.55. The quantitative estimate of drug-likeness (QED) is 0.412. The lowest BCUT2D eigenvalue weighted by atomic mass is 9.91. The Hall–Kier alpha value is -3.91. The van der Waals surface area contributed by atoms with Crippen molar-refractivity contribution in [2.45, 2.75) is 12.8 Å². The molecule has 1 aliphatic rings. The highest BCUT2D eigenvalue weighted by molar-refractivity contribution is 6.00. The van der Waals surface area contributed by atoms with E-state index in [1.54, 1.807) is 24.4 Å². The number of rotatable bonds is 7. The highest BCUT2D eigenvalue weighted by Gasteiger charge is 2.23. The van der Waals surface area contributed by atoms with Gasteiger partial charge in [-0.05, 0) is 41.1 Å². The van der Waals surface area contributed by atoms with Crippen LogP contribution in [0, 0.1) is 5.82 Å². The van der Waals surface area contributed by atoms with Gasteiger partial charge in [-0.2, -0.15) is 0 Å². The van der Waals surface area contributed by atoms with Crippen molar-refractivity contribution in [2.75, 3.05) is 26.7 Å². The molecule has 7 nitrogen and oxygen atoms in total. The monoisotopic (exact) mass is 461 g/mol. The third-order valence-electron chi connectivity index (χ3n) is 5.98. The number of aromatic nitrogens is 1. The molecular formula is C26H28FN5O2. The van der Waals surface area contributed by atoms with E-state index in [-0.39, 0.29) is 18.1 Å². The first kappa shape index (κ1) is 23.3.